The van der Waals surface area contributed by atoms with Gasteiger partial charge in [0, 0.05) is 60.7 Å². The zero-order valence-electron chi connectivity index (χ0n) is 17.1. The molecular formula is C21H22Cl3F3N4O. The Kier molecular flexibility index (Phi) is 6.96. The highest BCUT2D eigenvalue weighted by atomic mass is 35.5. The average Bonchev–Trinajstić information content (AvgIpc) is 3.51. The molecular weight excluding hydrogens is 488 g/mol. The number of rotatable bonds is 6. The van der Waals surface area contributed by atoms with E-state index in [9.17, 15) is 18.0 Å². The van der Waals surface area contributed by atoms with Gasteiger partial charge in [-0.15, -0.1) is 0 Å². The van der Waals surface area contributed by atoms with Crippen LogP contribution < -0.4 is 0 Å². The van der Waals surface area contributed by atoms with Crippen molar-refractivity contribution >= 4 is 40.7 Å². The summed E-state index contributed by atoms with van der Waals surface area (Å²) in [5, 5.41) is 4.58. The van der Waals surface area contributed by atoms with Crippen LogP contribution in [0.4, 0.5) is 13.2 Å². The molecule has 174 valence electrons. The van der Waals surface area contributed by atoms with Gasteiger partial charge in [-0.3, -0.25) is 14.4 Å². The molecule has 32 heavy (non-hydrogen) atoms. The van der Waals surface area contributed by atoms with Gasteiger partial charge < -0.3 is 4.90 Å². The van der Waals surface area contributed by atoms with Crippen LogP contribution in [0.3, 0.4) is 0 Å². The van der Waals surface area contributed by atoms with Crippen molar-refractivity contribution in [2.75, 3.05) is 26.2 Å². The van der Waals surface area contributed by atoms with Crippen LogP contribution in [-0.4, -0.2) is 51.7 Å². The molecule has 2 fully saturated rings. The minimum Gasteiger partial charge on any atom is -0.340 e. The molecule has 2 heterocycles. The highest BCUT2D eigenvalue weighted by Gasteiger charge is 2.42. The number of aryl methyl sites for hydroxylation is 1. The molecule has 1 aromatic heterocycles. The molecule has 1 saturated carbocycles. The number of piperazine rings is 1. The molecule has 0 bridgehead atoms. The number of nitrogens with zero attached hydrogens (tertiary/aromatic N) is 4. The maximum Gasteiger partial charge on any atom is 0.436 e. The maximum atomic E-state index is 13.2. The van der Waals surface area contributed by atoms with Gasteiger partial charge in [0.25, 0.3) is 0 Å². The lowest BCUT2D eigenvalue weighted by Crippen LogP contribution is -2.48. The SMILES string of the molecule is O=C(CCn1nc(C(F)(F)F)c(Cl)c1C1CC1)N1CCN(Cc2c(Cl)cccc2Cl)CC1. The van der Waals surface area contributed by atoms with Crippen molar-refractivity contribution in [3.8, 4) is 0 Å². The summed E-state index contributed by atoms with van der Waals surface area (Å²) in [6, 6.07) is 5.39. The second-order valence-electron chi connectivity index (χ2n) is 8.15. The molecule has 1 aliphatic carbocycles. The first-order valence-electron chi connectivity index (χ1n) is 10.4. The third-order valence-electron chi connectivity index (χ3n) is 5.87. The number of aromatic nitrogens is 2. The van der Waals surface area contributed by atoms with E-state index < -0.39 is 11.9 Å². The molecule has 4 rings (SSSR count). The molecule has 0 radical (unpaired) electrons. The number of alkyl halides is 3. The highest BCUT2D eigenvalue weighted by molar-refractivity contribution is 6.36. The Labute approximate surface area is 199 Å². The predicted molar refractivity (Wildman–Crippen MR) is 117 cm³/mol. The molecule has 11 heteroatoms. The summed E-state index contributed by atoms with van der Waals surface area (Å²) < 4.78 is 40.9. The lowest BCUT2D eigenvalue weighted by atomic mass is 10.2. The Balaban J connectivity index is 1.33. The lowest BCUT2D eigenvalue weighted by molar-refractivity contribution is -0.141. The van der Waals surface area contributed by atoms with Gasteiger partial charge in [-0.2, -0.15) is 18.3 Å². The third-order valence-corrected chi connectivity index (χ3v) is 6.95. The van der Waals surface area contributed by atoms with Crippen LogP contribution in [0.15, 0.2) is 18.2 Å². The lowest BCUT2D eigenvalue weighted by Gasteiger charge is -2.35. The molecule has 0 unspecified atom stereocenters. The van der Waals surface area contributed by atoms with Crippen molar-refractivity contribution in [3.63, 3.8) is 0 Å². The zero-order valence-corrected chi connectivity index (χ0v) is 19.4. The Bertz CT molecular complexity index is 979. The number of benzene rings is 1. The molecule has 5 nitrogen and oxygen atoms in total. The van der Waals surface area contributed by atoms with E-state index in [0.717, 1.165) is 18.4 Å². The van der Waals surface area contributed by atoms with E-state index in [2.05, 4.69) is 10.00 Å². The minimum atomic E-state index is -4.61. The average molecular weight is 510 g/mol. The number of hydrogen-bond acceptors (Lipinski definition) is 3. The van der Waals surface area contributed by atoms with Crippen molar-refractivity contribution in [3.05, 3.63) is 50.2 Å². The van der Waals surface area contributed by atoms with E-state index in [1.165, 1.54) is 4.68 Å². The number of amides is 1. The molecule has 1 aromatic carbocycles. The van der Waals surface area contributed by atoms with Crippen LogP contribution in [0.2, 0.25) is 15.1 Å². The topological polar surface area (TPSA) is 41.4 Å². The van der Waals surface area contributed by atoms with Gasteiger partial charge in [-0.25, -0.2) is 0 Å². The Morgan fingerprint density at radius 1 is 1.06 bits per heavy atom. The van der Waals surface area contributed by atoms with E-state index in [0.29, 0.717) is 48.5 Å². The summed E-state index contributed by atoms with van der Waals surface area (Å²) in [7, 11) is 0. The molecule has 2 aliphatic rings. The second-order valence-corrected chi connectivity index (χ2v) is 9.34. The summed E-state index contributed by atoms with van der Waals surface area (Å²) in [5.74, 6) is -0.122. The highest BCUT2D eigenvalue weighted by Crippen LogP contribution is 2.46. The Morgan fingerprint density at radius 3 is 2.25 bits per heavy atom. The quantitative estimate of drug-likeness (QED) is 0.518. The first-order valence-corrected chi connectivity index (χ1v) is 11.5. The first kappa shape index (κ1) is 23.7. The normalized spacial score (nSPS) is 17.8. The van der Waals surface area contributed by atoms with Crippen molar-refractivity contribution < 1.29 is 18.0 Å². The van der Waals surface area contributed by atoms with Gasteiger partial charge in [0.1, 0.15) is 0 Å². The molecule has 0 N–H and O–H groups in total. The van der Waals surface area contributed by atoms with E-state index in [1.54, 1.807) is 23.1 Å². The molecule has 1 aliphatic heterocycles. The largest absolute Gasteiger partial charge is 0.436 e. The van der Waals surface area contributed by atoms with Gasteiger partial charge in [0.05, 0.1) is 17.3 Å². The van der Waals surface area contributed by atoms with Crippen LogP contribution in [0.1, 0.15) is 42.1 Å². The molecule has 1 amide bonds. The molecule has 0 spiro atoms. The van der Waals surface area contributed by atoms with Gasteiger partial charge >= 0.3 is 6.18 Å². The fraction of sp³-hybridized carbons (Fsp3) is 0.524. The van der Waals surface area contributed by atoms with Crippen molar-refractivity contribution in [2.24, 2.45) is 0 Å². The van der Waals surface area contributed by atoms with Crippen molar-refractivity contribution in [1.82, 2.24) is 19.6 Å². The summed E-state index contributed by atoms with van der Waals surface area (Å²) in [5.41, 5.74) is 0.188. The summed E-state index contributed by atoms with van der Waals surface area (Å²) >= 11 is 18.5. The van der Waals surface area contributed by atoms with Crippen LogP contribution in [-0.2, 0) is 24.1 Å². The smallest absolute Gasteiger partial charge is 0.340 e. The van der Waals surface area contributed by atoms with Gasteiger partial charge in [-0.05, 0) is 25.0 Å². The molecule has 0 atom stereocenters. The van der Waals surface area contributed by atoms with E-state index in [4.69, 9.17) is 34.8 Å². The third kappa shape index (κ3) is 5.19. The minimum absolute atomic E-state index is 0.0126. The fourth-order valence-electron chi connectivity index (χ4n) is 3.97. The van der Waals surface area contributed by atoms with Gasteiger partial charge in [0.2, 0.25) is 5.91 Å². The van der Waals surface area contributed by atoms with Crippen LogP contribution >= 0.6 is 34.8 Å². The van der Waals surface area contributed by atoms with Crippen LogP contribution in [0, 0.1) is 0 Å². The van der Waals surface area contributed by atoms with Crippen molar-refractivity contribution in [2.45, 2.75) is 44.4 Å². The number of carbonyl (C=O) groups is 1. The van der Waals surface area contributed by atoms with Gasteiger partial charge in [0.15, 0.2) is 5.69 Å². The number of halogens is 6. The van der Waals surface area contributed by atoms with Gasteiger partial charge in [-0.1, -0.05) is 40.9 Å². The van der Waals surface area contributed by atoms with E-state index in [-0.39, 0.29) is 29.8 Å². The fourth-order valence-corrected chi connectivity index (χ4v) is 4.89. The summed E-state index contributed by atoms with van der Waals surface area (Å²) in [4.78, 5) is 16.6. The predicted octanol–water partition coefficient (Wildman–Crippen LogP) is 5.47. The summed E-state index contributed by atoms with van der Waals surface area (Å²) in [6.07, 6.45) is -2.97. The van der Waals surface area contributed by atoms with E-state index in [1.807, 2.05) is 0 Å². The maximum absolute atomic E-state index is 13.2. The number of carbonyl (C=O) groups excluding carboxylic acids is 1. The van der Waals surface area contributed by atoms with Crippen LogP contribution in [0.25, 0.3) is 0 Å². The van der Waals surface area contributed by atoms with E-state index >= 15 is 0 Å². The zero-order chi connectivity index (χ0) is 23.0. The first-order chi connectivity index (χ1) is 15.1. The number of hydrogen-bond donors (Lipinski definition) is 0. The van der Waals surface area contributed by atoms with Crippen LogP contribution in [0.5, 0.6) is 0 Å². The van der Waals surface area contributed by atoms with Crippen molar-refractivity contribution in [1.29, 1.82) is 0 Å². The Hall–Kier alpha value is -1.48. The Morgan fingerprint density at radius 2 is 1.69 bits per heavy atom. The molecule has 2 aromatic rings. The molecule has 1 saturated heterocycles. The standard InChI is InChI=1S/C21H22Cl3F3N4O/c22-15-2-1-3-16(23)14(15)12-29-8-10-30(11-9-29)17(32)6-7-31-19(13-4-5-13)18(24)20(28-31)21(25,26)27/h1-3,13H,4-12H2. The second kappa shape index (κ2) is 9.41. The monoisotopic (exact) mass is 508 g/mol. The summed E-state index contributed by atoms with van der Waals surface area (Å²) in [6.45, 7) is 3.06.